The van der Waals surface area contributed by atoms with Crippen LogP contribution in [0.15, 0.2) is 76.0 Å². The van der Waals surface area contributed by atoms with Crippen molar-refractivity contribution in [3.05, 3.63) is 71.8 Å². The molecule has 0 spiro atoms. The molecule has 220 valence electrons. The third kappa shape index (κ3) is 7.98. The minimum absolute atomic E-state index is 0.269. The second-order valence-corrected chi connectivity index (χ2v) is 12.0. The van der Waals surface area contributed by atoms with Gasteiger partial charge in [0.05, 0.1) is 18.0 Å². The molecule has 3 aromatic carbocycles. The van der Waals surface area contributed by atoms with Crippen LogP contribution in [-0.2, 0) is 4.79 Å². The van der Waals surface area contributed by atoms with E-state index >= 15 is 0 Å². The largest absolute Gasteiger partial charge is 0.494 e. The molecular formula is C36H42N2O3S. The van der Waals surface area contributed by atoms with Crippen molar-refractivity contribution < 1.29 is 14.6 Å². The summed E-state index contributed by atoms with van der Waals surface area (Å²) in [5, 5.41) is 18.6. The van der Waals surface area contributed by atoms with Crippen LogP contribution in [0, 0.1) is 17.2 Å². The number of carboxylic acids is 1. The van der Waals surface area contributed by atoms with Crippen molar-refractivity contribution in [2.45, 2.75) is 81.9 Å². The Labute approximate surface area is 255 Å². The van der Waals surface area contributed by atoms with Crippen molar-refractivity contribution in [3.8, 4) is 22.9 Å². The number of benzene rings is 3. The highest BCUT2D eigenvalue weighted by atomic mass is 32.2. The fraction of sp³-hybridized carbons (Fsp3) is 0.389. The molecule has 1 aliphatic heterocycles. The highest BCUT2D eigenvalue weighted by Crippen LogP contribution is 2.50. The molecule has 3 aromatic rings. The Morgan fingerprint density at radius 2 is 1.62 bits per heavy atom. The van der Waals surface area contributed by atoms with E-state index in [0.717, 1.165) is 53.5 Å². The maximum atomic E-state index is 11.5. The third-order valence-corrected chi connectivity index (χ3v) is 8.94. The fourth-order valence-corrected chi connectivity index (χ4v) is 6.50. The predicted molar refractivity (Wildman–Crippen MR) is 174 cm³/mol. The number of carbonyl (C=O) groups is 1. The fourth-order valence-electron chi connectivity index (χ4n) is 5.32. The van der Waals surface area contributed by atoms with E-state index in [9.17, 15) is 15.2 Å². The van der Waals surface area contributed by atoms with Crippen LogP contribution in [-0.4, -0.2) is 24.2 Å². The summed E-state index contributed by atoms with van der Waals surface area (Å²) in [5.41, 5.74) is 5.05. The quantitative estimate of drug-likeness (QED) is 0.109. The molecule has 1 unspecified atom stereocenters. The number of hydrogen-bond donors (Lipinski definition) is 1. The van der Waals surface area contributed by atoms with E-state index in [2.05, 4.69) is 74.2 Å². The second-order valence-electron chi connectivity index (χ2n) is 10.9. The molecule has 1 atom stereocenters. The first-order valence-electron chi connectivity index (χ1n) is 15.3. The highest BCUT2D eigenvalue weighted by molar-refractivity contribution is 7.99. The Balaban J connectivity index is 1.63. The SMILES string of the molecule is CCCCCCOc1ccc(-c2ccc3c(c2)Sc2cc(/C=C(\C#N)C(=O)O)ccc2N3CC(CC)CCCC)cc1. The summed E-state index contributed by atoms with van der Waals surface area (Å²) < 4.78 is 5.95. The standard InChI is InChI=1S/C36H42N2O3S/c1-4-7-9-10-20-41-31-16-13-28(14-17-31)29-15-19-33-35(23-29)42-34-22-27(21-30(24-37)36(39)40)12-18-32(34)38(33)25-26(6-3)11-8-5-2/h12-19,21-23,26H,4-11,20,25H2,1-3H3,(H,39,40)/b30-21+. The van der Waals surface area contributed by atoms with Gasteiger partial charge in [-0.15, -0.1) is 0 Å². The monoisotopic (exact) mass is 582 g/mol. The van der Waals surface area contributed by atoms with Crippen molar-refractivity contribution >= 4 is 35.2 Å². The first-order chi connectivity index (χ1) is 20.5. The Morgan fingerprint density at radius 3 is 2.29 bits per heavy atom. The molecule has 0 aromatic heterocycles. The Kier molecular flexibility index (Phi) is 11.5. The van der Waals surface area contributed by atoms with Crippen molar-refractivity contribution in [2.24, 2.45) is 5.92 Å². The van der Waals surface area contributed by atoms with Crippen molar-refractivity contribution in [1.82, 2.24) is 0 Å². The zero-order valence-corrected chi connectivity index (χ0v) is 25.9. The van der Waals surface area contributed by atoms with Crippen molar-refractivity contribution in [1.29, 1.82) is 5.26 Å². The van der Waals surface area contributed by atoms with Gasteiger partial charge in [-0.25, -0.2) is 4.79 Å². The highest BCUT2D eigenvalue weighted by Gasteiger charge is 2.26. The maximum absolute atomic E-state index is 11.5. The van der Waals surface area contributed by atoms with Crippen molar-refractivity contribution in [3.63, 3.8) is 0 Å². The molecule has 1 heterocycles. The number of ether oxygens (including phenoxy) is 1. The van der Waals surface area contributed by atoms with Gasteiger partial charge in [0.15, 0.2) is 0 Å². The van der Waals surface area contributed by atoms with Gasteiger partial charge < -0.3 is 14.7 Å². The van der Waals surface area contributed by atoms with Gasteiger partial charge >= 0.3 is 5.97 Å². The van der Waals surface area contributed by atoms with Crippen LogP contribution in [0.3, 0.4) is 0 Å². The summed E-state index contributed by atoms with van der Waals surface area (Å²) in [6.07, 6.45) is 10.9. The van der Waals surface area contributed by atoms with Gasteiger partial charge in [-0.2, -0.15) is 5.26 Å². The minimum atomic E-state index is -1.21. The van der Waals surface area contributed by atoms with Crippen LogP contribution in [0.25, 0.3) is 17.2 Å². The van der Waals surface area contributed by atoms with Gasteiger partial charge in [-0.3, -0.25) is 0 Å². The van der Waals surface area contributed by atoms with Crippen molar-refractivity contribution in [2.75, 3.05) is 18.1 Å². The molecular weight excluding hydrogens is 540 g/mol. The van der Waals surface area contributed by atoms with Crippen LogP contribution < -0.4 is 9.64 Å². The lowest BCUT2D eigenvalue weighted by Crippen LogP contribution is -2.27. The molecule has 4 rings (SSSR count). The normalized spacial score (nSPS) is 13.2. The zero-order valence-electron chi connectivity index (χ0n) is 25.1. The molecule has 0 saturated carbocycles. The number of fused-ring (bicyclic) bond motifs is 2. The van der Waals surface area contributed by atoms with E-state index in [1.54, 1.807) is 17.8 Å². The lowest BCUT2D eigenvalue weighted by atomic mass is 9.97. The summed E-state index contributed by atoms with van der Waals surface area (Å²) >= 11 is 1.70. The Hall–Kier alpha value is -3.69. The summed E-state index contributed by atoms with van der Waals surface area (Å²) in [7, 11) is 0. The van der Waals surface area contributed by atoms with Gasteiger partial charge in [0.25, 0.3) is 0 Å². The smallest absolute Gasteiger partial charge is 0.346 e. The molecule has 6 heteroatoms. The van der Waals surface area contributed by atoms with Gasteiger partial charge in [0, 0.05) is 16.3 Å². The first kappa shape index (κ1) is 31.3. The number of aliphatic carboxylic acids is 1. The summed E-state index contributed by atoms with van der Waals surface area (Å²) in [4.78, 5) is 16.1. The molecule has 0 aliphatic carbocycles. The van der Waals surface area contributed by atoms with E-state index < -0.39 is 5.97 Å². The second kappa shape index (κ2) is 15.5. The van der Waals surface area contributed by atoms with E-state index in [0.29, 0.717) is 11.5 Å². The molecule has 0 radical (unpaired) electrons. The number of nitriles is 1. The van der Waals surface area contributed by atoms with E-state index in [1.165, 1.54) is 55.2 Å². The lowest BCUT2D eigenvalue weighted by Gasteiger charge is -2.35. The number of unbranched alkanes of at least 4 members (excludes halogenated alkanes) is 4. The van der Waals surface area contributed by atoms with E-state index in [4.69, 9.17) is 4.74 Å². The first-order valence-corrected chi connectivity index (χ1v) is 16.1. The summed E-state index contributed by atoms with van der Waals surface area (Å²) in [6, 6.07) is 22.8. The topological polar surface area (TPSA) is 73.6 Å². The average molecular weight is 583 g/mol. The predicted octanol–water partition coefficient (Wildman–Crippen LogP) is 10.1. The summed E-state index contributed by atoms with van der Waals surface area (Å²) in [5.74, 6) is 0.257. The number of carboxylic acid groups (broad SMARTS) is 1. The van der Waals surface area contributed by atoms with Crippen LogP contribution in [0.4, 0.5) is 11.4 Å². The molecule has 1 aliphatic rings. The van der Waals surface area contributed by atoms with Crippen LogP contribution in [0.2, 0.25) is 0 Å². The molecule has 1 N–H and O–H groups in total. The molecule has 0 amide bonds. The van der Waals surface area contributed by atoms with Crippen LogP contribution in [0.1, 0.15) is 77.7 Å². The third-order valence-electron chi connectivity index (χ3n) is 7.85. The molecule has 0 bridgehead atoms. The number of anilines is 2. The van der Waals surface area contributed by atoms with E-state index in [-0.39, 0.29) is 5.57 Å². The number of hydrogen-bond acceptors (Lipinski definition) is 5. The van der Waals surface area contributed by atoms with Gasteiger partial charge in [-0.1, -0.05) is 95.3 Å². The average Bonchev–Trinajstić information content (AvgIpc) is 3.01. The van der Waals surface area contributed by atoms with Crippen LogP contribution >= 0.6 is 11.8 Å². The van der Waals surface area contributed by atoms with Gasteiger partial charge in [0.2, 0.25) is 0 Å². The maximum Gasteiger partial charge on any atom is 0.346 e. The molecule has 0 fully saturated rings. The Bertz CT molecular complexity index is 1420. The zero-order chi connectivity index (χ0) is 29.9. The van der Waals surface area contributed by atoms with E-state index in [1.807, 2.05) is 12.1 Å². The molecule has 42 heavy (non-hydrogen) atoms. The summed E-state index contributed by atoms with van der Waals surface area (Å²) in [6.45, 7) is 8.40. The number of rotatable bonds is 15. The number of nitrogens with zero attached hydrogens (tertiary/aromatic N) is 2. The molecule has 5 nitrogen and oxygen atoms in total. The van der Waals surface area contributed by atoms with Crippen LogP contribution in [0.5, 0.6) is 5.75 Å². The van der Waals surface area contributed by atoms with Gasteiger partial charge in [0.1, 0.15) is 17.4 Å². The minimum Gasteiger partial charge on any atom is -0.494 e. The van der Waals surface area contributed by atoms with Gasteiger partial charge in [-0.05, 0) is 77.9 Å². The Morgan fingerprint density at radius 1 is 0.929 bits per heavy atom. The lowest BCUT2D eigenvalue weighted by molar-refractivity contribution is -0.132. The molecule has 0 saturated heterocycles.